The van der Waals surface area contributed by atoms with Crippen LogP contribution >= 0.6 is 0 Å². The van der Waals surface area contributed by atoms with Crippen LogP contribution in [0.25, 0.3) is 0 Å². The monoisotopic (exact) mass is 346 g/mol. The average Bonchev–Trinajstić information content (AvgIpc) is 3.15. The van der Waals surface area contributed by atoms with Crippen LogP contribution in [0, 0.1) is 5.82 Å². The predicted octanol–water partition coefficient (Wildman–Crippen LogP) is 2.82. The van der Waals surface area contributed by atoms with Gasteiger partial charge in [0.15, 0.2) is 0 Å². The van der Waals surface area contributed by atoms with E-state index in [4.69, 9.17) is 4.74 Å². The highest BCUT2D eigenvalue weighted by Gasteiger charge is 2.26. The van der Waals surface area contributed by atoms with Crippen LogP contribution in [-0.2, 0) is 11.3 Å². The van der Waals surface area contributed by atoms with E-state index < -0.39 is 0 Å². The van der Waals surface area contributed by atoms with Crippen LogP contribution in [-0.4, -0.2) is 44.8 Å². The highest BCUT2D eigenvalue weighted by Crippen LogP contribution is 2.22. The van der Waals surface area contributed by atoms with Crippen LogP contribution in [0.1, 0.15) is 48.7 Å². The summed E-state index contributed by atoms with van der Waals surface area (Å²) in [6, 6.07) is 4.60. The standard InChI is InChI=1S/C18H23FN4O2/c1-13(2)25-10-15-8-14(5-6-17(15)19)18(24)22-7-3-4-16(9-22)23-12-20-11-21-23/h5-6,8,11-13,16H,3-4,7,9-10H2,1-2H3/t16-/m1/s1. The van der Waals surface area contributed by atoms with Crippen LogP contribution < -0.4 is 0 Å². The molecule has 2 aromatic rings. The summed E-state index contributed by atoms with van der Waals surface area (Å²) in [4.78, 5) is 18.6. The maximum atomic E-state index is 14.0. The summed E-state index contributed by atoms with van der Waals surface area (Å²) in [6.45, 7) is 5.22. The SMILES string of the molecule is CC(C)OCc1cc(C(=O)N2CCC[C@@H](n3cncn3)C2)ccc1F. The van der Waals surface area contributed by atoms with E-state index in [0.717, 1.165) is 12.8 Å². The molecule has 2 heterocycles. The number of piperidine rings is 1. The normalized spacial score (nSPS) is 17.9. The maximum absolute atomic E-state index is 14.0. The van der Waals surface area contributed by atoms with E-state index in [-0.39, 0.29) is 30.5 Å². The molecule has 1 aliphatic heterocycles. The topological polar surface area (TPSA) is 60.2 Å². The van der Waals surface area contributed by atoms with Crippen molar-refractivity contribution in [3.8, 4) is 0 Å². The first-order valence-corrected chi connectivity index (χ1v) is 8.58. The fourth-order valence-corrected chi connectivity index (χ4v) is 3.02. The minimum Gasteiger partial charge on any atom is -0.374 e. The second-order valence-electron chi connectivity index (χ2n) is 6.59. The number of rotatable bonds is 5. The van der Waals surface area contributed by atoms with Crippen LogP contribution in [0.3, 0.4) is 0 Å². The molecule has 7 heteroatoms. The van der Waals surface area contributed by atoms with Gasteiger partial charge in [0, 0.05) is 24.2 Å². The zero-order chi connectivity index (χ0) is 17.8. The lowest BCUT2D eigenvalue weighted by Crippen LogP contribution is -2.40. The van der Waals surface area contributed by atoms with Crippen molar-refractivity contribution in [3.63, 3.8) is 0 Å². The van der Waals surface area contributed by atoms with Crippen LogP contribution in [0.2, 0.25) is 0 Å². The molecule has 134 valence electrons. The molecule has 1 aliphatic rings. The van der Waals surface area contributed by atoms with Crippen molar-refractivity contribution in [3.05, 3.63) is 47.8 Å². The molecular weight excluding hydrogens is 323 g/mol. The van der Waals surface area contributed by atoms with E-state index in [9.17, 15) is 9.18 Å². The highest BCUT2D eigenvalue weighted by molar-refractivity contribution is 5.94. The molecule has 25 heavy (non-hydrogen) atoms. The summed E-state index contributed by atoms with van der Waals surface area (Å²) in [5.74, 6) is -0.438. The largest absolute Gasteiger partial charge is 0.374 e. The van der Waals surface area contributed by atoms with Gasteiger partial charge in [0.1, 0.15) is 18.5 Å². The van der Waals surface area contributed by atoms with Gasteiger partial charge in [-0.05, 0) is 44.9 Å². The van der Waals surface area contributed by atoms with Gasteiger partial charge in [0.25, 0.3) is 5.91 Å². The molecule has 1 atom stereocenters. The molecule has 0 saturated carbocycles. The lowest BCUT2D eigenvalue weighted by atomic mass is 10.0. The number of carbonyl (C=O) groups is 1. The first kappa shape index (κ1) is 17.5. The van der Waals surface area contributed by atoms with Gasteiger partial charge in [-0.2, -0.15) is 5.10 Å². The maximum Gasteiger partial charge on any atom is 0.253 e. The first-order valence-electron chi connectivity index (χ1n) is 8.58. The molecule has 1 aromatic carbocycles. The van der Waals surface area contributed by atoms with Gasteiger partial charge in [0.05, 0.1) is 18.8 Å². The summed E-state index contributed by atoms with van der Waals surface area (Å²) in [5.41, 5.74) is 0.896. The number of hydrogen-bond donors (Lipinski definition) is 0. The Morgan fingerprint density at radius 3 is 3.00 bits per heavy atom. The Labute approximate surface area is 146 Å². The van der Waals surface area contributed by atoms with Gasteiger partial charge in [-0.25, -0.2) is 14.1 Å². The molecule has 0 spiro atoms. The van der Waals surface area contributed by atoms with Crippen LogP contribution in [0.5, 0.6) is 0 Å². The molecule has 1 fully saturated rings. The lowest BCUT2D eigenvalue weighted by Gasteiger charge is -2.32. The summed E-state index contributed by atoms with van der Waals surface area (Å²) in [6.07, 6.45) is 5.05. The van der Waals surface area contributed by atoms with E-state index in [2.05, 4.69) is 10.1 Å². The Balaban J connectivity index is 1.72. The minimum atomic E-state index is -0.351. The second kappa shape index (κ2) is 7.74. The van der Waals surface area contributed by atoms with Crippen molar-refractivity contribution >= 4 is 5.91 Å². The van der Waals surface area contributed by atoms with Crippen molar-refractivity contribution in [2.45, 2.75) is 45.4 Å². The van der Waals surface area contributed by atoms with Crippen molar-refractivity contribution in [1.82, 2.24) is 19.7 Å². The molecular formula is C18H23FN4O2. The van der Waals surface area contributed by atoms with Crippen LogP contribution in [0.15, 0.2) is 30.9 Å². The molecule has 6 nitrogen and oxygen atoms in total. The quantitative estimate of drug-likeness (QED) is 0.835. The highest BCUT2D eigenvalue weighted by atomic mass is 19.1. The summed E-state index contributed by atoms with van der Waals surface area (Å²) in [5, 5.41) is 4.17. The Hall–Kier alpha value is -2.28. The lowest BCUT2D eigenvalue weighted by molar-refractivity contribution is 0.0633. The average molecular weight is 346 g/mol. The van der Waals surface area contributed by atoms with E-state index in [0.29, 0.717) is 24.2 Å². The zero-order valence-electron chi connectivity index (χ0n) is 14.6. The summed E-state index contributed by atoms with van der Waals surface area (Å²) in [7, 11) is 0. The zero-order valence-corrected chi connectivity index (χ0v) is 14.6. The van der Waals surface area contributed by atoms with Gasteiger partial charge in [0.2, 0.25) is 0 Å². The third kappa shape index (κ3) is 4.22. The van der Waals surface area contributed by atoms with Crippen molar-refractivity contribution in [1.29, 1.82) is 0 Å². The van der Waals surface area contributed by atoms with E-state index in [1.165, 1.54) is 18.5 Å². The van der Waals surface area contributed by atoms with Gasteiger partial charge >= 0.3 is 0 Å². The van der Waals surface area contributed by atoms with E-state index >= 15 is 0 Å². The smallest absolute Gasteiger partial charge is 0.253 e. The molecule has 3 rings (SSSR count). The number of hydrogen-bond acceptors (Lipinski definition) is 4. The Kier molecular flexibility index (Phi) is 5.43. The van der Waals surface area contributed by atoms with Crippen molar-refractivity contribution in [2.75, 3.05) is 13.1 Å². The van der Waals surface area contributed by atoms with E-state index in [1.54, 1.807) is 22.0 Å². The third-order valence-electron chi connectivity index (χ3n) is 4.36. The Bertz CT molecular complexity index is 718. The molecule has 0 unspecified atom stereocenters. The third-order valence-corrected chi connectivity index (χ3v) is 4.36. The Morgan fingerprint density at radius 1 is 1.44 bits per heavy atom. The number of carbonyl (C=O) groups excluding carboxylic acids is 1. The van der Waals surface area contributed by atoms with Crippen molar-refractivity contribution < 1.29 is 13.9 Å². The number of benzene rings is 1. The number of amides is 1. The summed E-state index contributed by atoms with van der Waals surface area (Å²) < 4.78 is 21.2. The number of halogens is 1. The number of likely N-dealkylation sites (tertiary alicyclic amines) is 1. The van der Waals surface area contributed by atoms with Gasteiger partial charge in [-0.1, -0.05) is 0 Å². The van der Waals surface area contributed by atoms with Gasteiger partial charge < -0.3 is 9.64 Å². The molecule has 0 N–H and O–H groups in total. The van der Waals surface area contributed by atoms with Crippen molar-refractivity contribution in [2.24, 2.45) is 0 Å². The van der Waals surface area contributed by atoms with Gasteiger partial charge in [-0.3, -0.25) is 4.79 Å². The second-order valence-corrected chi connectivity index (χ2v) is 6.59. The molecule has 0 bridgehead atoms. The summed E-state index contributed by atoms with van der Waals surface area (Å²) >= 11 is 0. The minimum absolute atomic E-state index is 0.00397. The Morgan fingerprint density at radius 2 is 2.28 bits per heavy atom. The first-order chi connectivity index (χ1) is 12.0. The number of aromatic nitrogens is 3. The number of nitrogens with zero attached hydrogens (tertiary/aromatic N) is 4. The van der Waals surface area contributed by atoms with Gasteiger partial charge in [-0.15, -0.1) is 0 Å². The molecule has 0 radical (unpaired) electrons. The van der Waals surface area contributed by atoms with E-state index in [1.807, 2.05) is 13.8 Å². The predicted molar refractivity (Wildman–Crippen MR) is 90.5 cm³/mol. The fraction of sp³-hybridized carbons (Fsp3) is 0.500. The molecule has 1 saturated heterocycles. The molecule has 1 aromatic heterocycles. The fourth-order valence-electron chi connectivity index (χ4n) is 3.02. The number of ether oxygens (including phenoxy) is 1. The molecule has 1 amide bonds. The molecule has 0 aliphatic carbocycles. The van der Waals surface area contributed by atoms with Crippen LogP contribution in [0.4, 0.5) is 4.39 Å².